The smallest absolute Gasteiger partial charge is 0.253 e. The maximum Gasteiger partial charge on any atom is 0.253 e. The van der Waals surface area contributed by atoms with Crippen molar-refractivity contribution in [2.45, 2.75) is 6.42 Å². The third kappa shape index (κ3) is 3.90. The summed E-state index contributed by atoms with van der Waals surface area (Å²) in [6.07, 6.45) is 0.858. The average Bonchev–Trinajstić information content (AvgIpc) is 2.18. The molecule has 0 saturated carbocycles. The van der Waals surface area contributed by atoms with E-state index in [-0.39, 0.29) is 18.3 Å². The number of benzene rings is 1. The lowest BCUT2D eigenvalue weighted by Gasteiger charge is -2.10. The number of hydrogen-bond donors (Lipinski definition) is 1. The average molecular weight is 229 g/mol. The van der Waals surface area contributed by atoms with Crippen LogP contribution < -0.4 is 5.73 Å². The molecule has 0 bridgehead atoms. The van der Waals surface area contributed by atoms with E-state index in [0.717, 1.165) is 12.0 Å². The van der Waals surface area contributed by atoms with Gasteiger partial charge in [0.25, 0.3) is 5.91 Å². The minimum Gasteiger partial charge on any atom is -0.345 e. The summed E-state index contributed by atoms with van der Waals surface area (Å²) in [5, 5.41) is 0. The fourth-order valence-electron chi connectivity index (χ4n) is 1.24. The number of rotatable bonds is 3. The van der Waals surface area contributed by atoms with E-state index in [1.54, 1.807) is 19.0 Å². The zero-order chi connectivity index (χ0) is 10.6. The van der Waals surface area contributed by atoms with Gasteiger partial charge in [0, 0.05) is 19.7 Å². The van der Waals surface area contributed by atoms with Crippen LogP contribution in [0.4, 0.5) is 0 Å². The van der Waals surface area contributed by atoms with Crippen molar-refractivity contribution in [3.63, 3.8) is 0 Å². The summed E-state index contributed by atoms with van der Waals surface area (Å²) in [4.78, 5) is 13.1. The van der Waals surface area contributed by atoms with Gasteiger partial charge in [0.05, 0.1) is 0 Å². The molecule has 0 unspecified atom stereocenters. The predicted molar refractivity (Wildman–Crippen MR) is 64.5 cm³/mol. The number of hydrogen-bond acceptors (Lipinski definition) is 2. The Morgan fingerprint density at radius 1 is 1.27 bits per heavy atom. The van der Waals surface area contributed by atoms with E-state index in [4.69, 9.17) is 5.73 Å². The molecule has 84 valence electrons. The highest BCUT2D eigenvalue weighted by atomic mass is 35.5. The Kier molecular flexibility index (Phi) is 5.97. The van der Waals surface area contributed by atoms with Gasteiger partial charge < -0.3 is 10.6 Å². The number of nitrogens with two attached hydrogens (primary N) is 1. The van der Waals surface area contributed by atoms with E-state index in [0.29, 0.717) is 6.54 Å². The Bertz CT molecular complexity index is 309. The molecule has 0 radical (unpaired) electrons. The zero-order valence-corrected chi connectivity index (χ0v) is 9.88. The van der Waals surface area contributed by atoms with Crippen molar-refractivity contribution in [2.24, 2.45) is 5.73 Å². The molecule has 0 heterocycles. The topological polar surface area (TPSA) is 46.3 Å². The summed E-state index contributed by atoms with van der Waals surface area (Å²) < 4.78 is 0. The molecule has 0 aliphatic carbocycles. The second-order valence-electron chi connectivity index (χ2n) is 3.44. The van der Waals surface area contributed by atoms with Crippen LogP contribution >= 0.6 is 12.4 Å². The maximum atomic E-state index is 11.5. The molecule has 0 aliphatic rings. The molecular weight excluding hydrogens is 212 g/mol. The van der Waals surface area contributed by atoms with Crippen LogP contribution in [0.2, 0.25) is 0 Å². The van der Waals surface area contributed by atoms with E-state index >= 15 is 0 Å². The highest BCUT2D eigenvalue weighted by molar-refractivity contribution is 5.93. The first-order chi connectivity index (χ1) is 6.65. The predicted octanol–water partition coefficient (Wildman–Crippen LogP) is 1.31. The summed E-state index contributed by atoms with van der Waals surface area (Å²) in [7, 11) is 3.49. The molecule has 2 N–H and O–H groups in total. The number of nitrogens with zero attached hydrogens (tertiary/aromatic N) is 1. The minimum absolute atomic E-state index is 0. The number of carbonyl (C=O) groups is 1. The third-order valence-corrected chi connectivity index (χ3v) is 2.04. The minimum atomic E-state index is 0. The van der Waals surface area contributed by atoms with E-state index in [9.17, 15) is 4.79 Å². The van der Waals surface area contributed by atoms with Crippen LogP contribution in [0.3, 0.4) is 0 Å². The van der Waals surface area contributed by atoms with Crippen molar-refractivity contribution in [1.82, 2.24) is 4.90 Å². The van der Waals surface area contributed by atoms with Crippen LogP contribution in [0.15, 0.2) is 24.3 Å². The third-order valence-electron chi connectivity index (χ3n) is 2.04. The molecule has 3 nitrogen and oxygen atoms in total. The van der Waals surface area contributed by atoms with Gasteiger partial charge in [0.2, 0.25) is 0 Å². The first kappa shape index (κ1) is 13.9. The lowest BCUT2D eigenvalue weighted by atomic mass is 10.1. The van der Waals surface area contributed by atoms with Gasteiger partial charge in [0.15, 0.2) is 0 Å². The summed E-state index contributed by atoms with van der Waals surface area (Å²) in [5.74, 6) is 0.0318. The summed E-state index contributed by atoms with van der Waals surface area (Å²) in [6.45, 7) is 0.640. The van der Waals surface area contributed by atoms with Gasteiger partial charge in [-0.3, -0.25) is 4.79 Å². The number of amides is 1. The largest absolute Gasteiger partial charge is 0.345 e. The Morgan fingerprint density at radius 3 is 2.20 bits per heavy atom. The first-order valence-electron chi connectivity index (χ1n) is 4.66. The lowest BCUT2D eigenvalue weighted by molar-refractivity contribution is 0.0827. The fourth-order valence-corrected chi connectivity index (χ4v) is 1.24. The fraction of sp³-hybridized carbons (Fsp3) is 0.364. The molecule has 0 atom stereocenters. The van der Waals surface area contributed by atoms with E-state index < -0.39 is 0 Å². The van der Waals surface area contributed by atoms with Gasteiger partial charge in [-0.05, 0) is 30.7 Å². The summed E-state index contributed by atoms with van der Waals surface area (Å²) in [6, 6.07) is 7.58. The Labute approximate surface area is 96.7 Å². The van der Waals surface area contributed by atoms with Gasteiger partial charge in [-0.15, -0.1) is 12.4 Å². The van der Waals surface area contributed by atoms with Crippen LogP contribution in [0, 0.1) is 0 Å². The highest BCUT2D eigenvalue weighted by Crippen LogP contribution is 2.06. The van der Waals surface area contributed by atoms with Crippen molar-refractivity contribution < 1.29 is 4.79 Å². The van der Waals surface area contributed by atoms with Crippen molar-refractivity contribution in [1.29, 1.82) is 0 Å². The molecule has 0 fully saturated rings. The molecule has 1 amide bonds. The Hall–Kier alpha value is -1.06. The zero-order valence-electron chi connectivity index (χ0n) is 9.06. The number of carbonyl (C=O) groups excluding carboxylic acids is 1. The van der Waals surface area contributed by atoms with Gasteiger partial charge in [-0.25, -0.2) is 0 Å². The normalized spacial score (nSPS) is 9.27. The van der Waals surface area contributed by atoms with Crippen molar-refractivity contribution in [3.05, 3.63) is 35.4 Å². The van der Waals surface area contributed by atoms with Crippen molar-refractivity contribution in [2.75, 3.05) is 20.6 Å². The van der Waals surface area contributed by atoms with Crippen molar-refractivity contribution in [3.8, 4) is 0 Å². The molecule has 0 aliphatic heterocycles. The molecule has 0 spiro atoms. The van der Waals surface area contributed by atoms with E-state index in [1.165, 1.54) is 5.56 Å². The molecule has 15 heavy (non-hydrogen) atoms. The number of halogens is 1. The van der Waals surface area contributed by atoms with Gasteiger partial charge in [-0.2, -0.15) is 0 Å². The second kappa shape index (κ2) is 6.43. The standard InChI is InChI=1S/C11H16N2O.ClH/c1-13(2)11(14)10-5-3-9(4-6-10)7-8-12;/h3-6H,7-8,12H2,1-2H3;1H. The molecule has 1 rings (SSSR count). The van der Waals surface area contributed by atoms with Crippen LogP contribution in [-0.2, 0) is 6.42 Å². The Balaban J connectivity index is 0.00000196. The van der Waals surface area contributed by atoms with Crippen LogP contribution in [0.1, 0.15) is 15.9 Å². The summed E-state index contributed by atoms with van der Waals surface area (Å²) in [5.41, 5.74) is 7.32. The van der Waals surface area contributed by atoms with Gasteiger partial charge >= 0.3 is 0 Å². The van der Waals surface area contributed by atoms with Crippen LogP contribution in [0.5, 0.6) is 0 Å². The molecule has 0 saturated heterocycles. The molecule has 0 aromatic heterocycles. The molecular formula is C11H17ClN2O. The van der Waals surface area contributed by atoms with E-state index in [2.05, 4.69) is 0 Å². The quantitative estimate of drug-likeness (QED) is 0.848. The lowest BCUT2D eigenvalue weighted by Crippen LogP contribution is -2.21. The van der Waals surface area contributed by atoms with Crippen molar-refractivity contribution >= 4 is 18.3 Å². The highest BCUT2D eigenvalue weighted by Gasteiger charge is 2.06. The van der Waals surface area contributed by atoms with Crippen LogP contribution in [0.25, 0.3) is 0 Å². The van der Waals surface area contributed by atoms with Crippen LogP contribution in [-0.4, -0.2) is 31.4 Å². The molecule has 4 heteroatoms. The monoisotopic (exact) mass is 228 g/mol. The van der Waals surface area contributed by atoms with Gasteiger partial charge in [-0.1, -0.05) is 12.1 Å². The summed E-state index contributed by atoms with van der Waals surface area (Å²) >= 11 is 0. The van der Waals surface area contributed by atoms with Gasteiger partial charge in [0.1, 0.15) is 0 Å². The SMILES string of the molecule is CN(C)C(=O)c1ccc(CCN)cc1.Cl. The molecule has 1 aromatic rings. The Morgan fingerprint density at radius 2 is 1.80 bits per heavy atom. The maximum absolute atomic E-state index is 11.5. The molecule has 1 aromatic carbocycles. The first-order valence-corrected chi connectivity index (χ1v) is 4.66. The second-order valence-corrected chi connectivity index (χ2v) is 3.44. The van der Waals surface area contributed by atoms with E-state index in [1.807, 2.05) is 24.3 Å².